The van der Waals surface area contributed by atoms with Gasteiger partial charge in [0.2, 0.25) is 15.9 Å². The van der Waals surface area contributed by atoms with Crippen LogP contribution in [0.15, 0.2) is 0 Å². The zero-order valence-electron chi connectivity index (χ0n) is 13.2. The summed E-state index contributed by atoms with van der Waals surface area (Å²) in [6, 6.07) is 0.487. The summed E-state index contributed by atoms with van der Waals surface area (Å²) in [6.07, 6.45) is 5.64. The molecule has 21 heavy (non-hydrogen) atoms. The molecule has 1 aliphatic heterocycles. The second kappa shape index (κ2) is 6.22. The van der Waals surface area contributed by atoms with Crippen LogP contribution < -0.4 is 10.0 Å². The van der Waals surface area contributed by atoms with Gasteiger partial charge in [0.25, 0.3) is 0 Å². The van der Waals surface area contributed by atoms with Crippen molar-refractivity contribution in [3.8, 4) is 0 Å². The summed E-state index contributed by atoms with van der Waals surface area (Å²) in [5, 5.41) is 3.57. The molecule has 1 aliphatic carbocycles. The number of carbonyl (C=O) groups excluding carboxylic acids is 1. The largest absolute Gasteiger partial charge is 0.341 e. The number of nitrogens with zero attached hydrogens (tertiary/aromatic N) is 1. The lowest BCUT2D eigenvalue weighted by molar-refractivity contribution is -0.137. The predicted octanol–water partition coefficient (Wildman–Crippen LogP) is 0.305. The number of sulfonamides is 1. The third kappa shape index (κ3) is 5.23. The number of amides is 1. The molecule has 1 saturated heterocycles. The van der Waals surface area contributed by atoms with E-state index >= 15 is 0 Å². The van der Waals surface area contributed by atoms with Gasteiger partial charge in [-0.2, -0.15) is 0 Å². The molecule has 1 saturated carbocycles. The Morgan fingerprint density at radius 3 is 2.24 bits per heavy atom. The highest BCUT2D eigenvalue weighted by molar-refractivity contribution is 7.88. The summed E-state index contributed by atoms with van der Waals surface area (Å²) >= 11 is 0. The Morgan fingerprint density at radius 2 is 1.76 bits per heavy atom. The van der Waals surface area contributed by atoms with E-state index in [1.54, 1.807) is 18.7 Å². The molecule has 0 spiro atoms. The summed E-state index contributed by atoms with van der Waals surface area (Å²) in [4.78, 5) is 14.2. The number of piperidine rings is 1. The minimum absolute atomic E-state index is 0.145. The van der Waals surface area contributed by atoms with E-state index in [-0.39, 0.29) is 5.91 Å². The number of rotatable bonds is 6. The molecule has 0 aromatic heterocycles. The zero-order chi connectivity index (χ0) is 15.7. The van der Waals surface area contributed by atoms with Crippen LogP contribution in [0.2, 0.25) is 0 Å². The van der Waals surface area contributed by atoms with Crippen molar-refractivity contribution in [3.05, 3.63) is 0 Å². The Balaban J connectivity index is 1.81. The number of carbonyl (C=O) groups is 1. The standard InChI is InChI=1S/C14H27N3O3S/c1-14(2,16-21(3,19)20)13(18)17-8-6-12(7-9-17)15-10-11-4-5-11/h11-12,15-16H,4-10H2,1-3H3. The molecule has 2 aliphatic rings. The SMILES string of the molecule is CC(C)(NS(C)(=O)=O)C(=O)N1CCC(NCC2CC2)CC1. The monoisotopic (exact) mass is 317 g/mol. The third-order valence-electron chi connectivity index (χ3n) is 4.15. The normalized spacial score (nSPS) is 21.6. The first-order valence-corrected chi connectivity index (χ1v) is 9.58. The van der Waals surface area contributed by atoms with Crippen molar-refractivity contribution < 1.29 is 13.2 Å². The van der Waals surface area contributed by atoms with Crippen LogP contribution >= 0.6 is 0 Å². The average Bonchev–Trinajstić information content (AvgIpc) is 3.17. The quantitative estimate of drug-likeness (QED) is 0.739. The molecule has 0 atom stereocenters. The van der Waals surface area contributed by atoms with Crippen molar-refractivity contribution in [3.63, 3.8) is 0 Å². The van der Waals surface area contributed by atoms with Crippen LogP contribution in [-0.4, -0.2) is 56.7 Å². The summed E-state index contributed by atoms with van der Waals surface area (Å²) in [5.41, 5.74) is -1.08. The van der Waals surface area contributed by atoms with Gasteiger partial charge in [-0.25, -0.2) is 13.1 Å². The second-order valence-corrected chi connectivity index (χ2v) is 8.67. The van der Waals surface area contributed by atoms with Gasteiger partial charge in [0.1, 0.15) is 5.54 Å². The molecule has 6 nitrogen and oxygen atoms in total. The lowest BCUT2D eigenvalue weighted by Gasteiger charge is -2.37. The van der Waals surface area contributed by atoms with Crippen LogP contribution in [0.1, 0.15) is 39.5 Å². The molecule has 0 unspecified atom stereocenters. The van der Waals surface area contributed by atoms with Crippen molar-refractivity contribution in [1.82, 2.24) is 14.9 Å². The van der Waals surface area contributed by atoms with E-state index in [9.17, 15) is 13.2 Å². The van der Waals surface area contributed by atoms with E-state index in [1.807, 2.05) is 0 Å². The number of nitrogens with one attached hydrogen (secondary N) is 2. The van der Waals surface area contributed by atoms with Gasteiger partial charge in [-0.05, 0) is 52.0 Å². The van der Waals surface area contributed by atoms with Crippen molar-refractivity contribution in [2.75, 3.05) is 25.9 Å². The van der Waals surface area contributed by atoms with Gasteiger partial charge < -0.3 is 10.2 Å². The van der Waals surface area contributed by atoms with Crippen LogP contribution in [0.4, 0.5) is 0 Å². The number of hydrogen-bond donors (Lipinski definition) is 2. The molecule has 7 heteroatoms. The van der Waals surface area contributed by atoms with E-state index in [4.69, 9.17) is 0 Å². The highest BCUT2D eigenvalue weighted by Gasteiger charge is 2.36. The van der Waals surface area contributed by atoms with Crippen LogP contribution in [0.3, 0.4) is 0 Å². The molecule has 1 heterocycles. The molecule has 0 radical (unpaired) electrons. The average molecular weight is 317 g/mol. The molecule has 0 aromatic carbocycles. The third-order valence-corrected chi connectivity index (χ3v) is 5.03. The summed E-state index contributed by atoms with van der Waals surface area (Å²) in [7, 11) is -3.40. The Labute approximate surface area is 127 Å². The fraction of sp³-hybridized carbons (Fsp3) is 0.929. The number of likely N-dealkylation sites (tertiary alicyclic amines) is 1. The van der Waals surface area contributed by atoms with E-state index in [0.717, 1.165) is 31.6 Å². The predicted molar refractivity (Wildman–Crippen MR) is 82.4 cm³/mol. The number of hydrogen-bond acceptors (Lipinski definition) is 4. The van der Waals surface area contributed by atoms with Gasteiger partial charge in [-0.15, -0.1) is 0 Å². The lowest BCUT2D eigenvalue weighted by atomic mass is 10.00. The van der Waals surface area contributed by atoms with Crippen molar-refractivity contribution in [2.45, 2.75) is 51.1 Å². The Hall–Kier alpha value is -0.660. The first-order valence-electron chi connectivity index (χ1n) is 7.69. The Morgan fingerprint density at radius 1 is 1.19 bits per heavy atom. The van der Waals surface area contributed by atoms with Crippen LogP contribution in [0, 0.1) is 5.92 Å². The van der Waals surface area contributed by atoms with Gasteiger partial charge in [0.15, 0.2) is 0 Å². The maximum atomic E-state index is 12.5. The van der Waals surface area contributed by atoms with Crippen molar-refractivity contribution in [2.24, 2.45) is 5.92 Å². The van der Waals surface area contributed by atoms with Gasteiger partial charge in [-0.1, -0.05) is 0 Å². The first-order chi connectivity index (χ1) is 9.67. The maximum Gasteiger partial charge on any atom is 0.243 e. The molecule has 122 valence electrons. The minimum Gasteiger partial charge on any atom is -0.341 e. The Kier molecular flexibility index (Phi) is 4.95. The smallest absolute Gasteiger partial charge is 0.243 e. The highest BCUT2D eigenvalue weighted by Crippen LogP contribution is 2.28. The zero-order valence-corrected chi connectivity index (χ0v) is 14.0. The molecule has 2 N–H and O–H groups in total. The minimum atomic E-state index is -3.40. The molecular formula is C14H27N3O3S. The van der Waals surface area contributed by atoms with Crippen LogP contribution in [0.5, 0.6) is 0 Å². The van der Waals surface area contributed by atoms with Gasteiger partial charge in [-0.3, -0.25) is 4.79 Å². The van der Waals surface area contributed by atoms with Gasteiger partial charge in [0, 0.05) is 19.1 Å². The van der Waals surface area contributed by atoms with E-state index in [0.29, 0.717) is 19.1 Å². The molecule has 2 rings (SSSR count). The van der Waals surface area contributed by atoms with E-state index in [1.165, 1.54) is 12.8 Å². The van der Waals surface area contributed by atoms with Crippen LogP contribution in [-0.2, 0) is 14.8 Å². The van der Waals surface area contributed by atoms with Crippen LogP contribution in [0.25, 0.3) is 0 Å². The topological polar surface area (TPSA) is 78.5 Å². The second-order valence-electron chi connectivity index (χ2n) is 6.92. The molecule has 1 amide bonds. The maximum absolute atomic E-state index is 12.5. The summed E-state index contributed by atoms with van der Waals surface area (Å²) < 4.78 is 25.1. The fourth-order valence-corrected chi connectivity index (χ4v) is 3.86. The van der Waals surface area contributed by atoms with E-state index < -0.39 is 15.6 Å². The van der Waals surface area contributed by atoms with E-state index in [2.05, 4.69) is 10.0 Å². The molecule has 0 bridgehead atoms. The summed E-state index contributed by atoms with van der Waals surface area (Å²) in [5.74, 6) is 0.719. The highest BCUT2D eigenvalue weighted by atomic mass is 32.2. The van der Waals surface area contributed by atoms with Gasteiger partial charge in [0.05, 0.1) is 6.26 Å². The first kappa shape index (κ1) is 16.7. The van der Waals surface area contributed by atoms with Crippen molar-refractivity contribution >= 4 is 15.9 Å². The summed E-state index contributed by atoms with van der Waals surface area (Å²) in [6.45, 7) is 5.72. The fourth-order valence-electron chi connectivity index (χ4n) is 2.84. The van der Waals surface area contributed by atoms with Crippen molar-refractivity contribution in [1.29, 1.82) is 0 Å². The molecule has 0 aromatic rings. The van der Waals surface area contributed by atoms with Gasteiger partial charge >= 0.3 is 0 Å². The lowest BCUT2D eigenvalue weighted by Crippen LogP contribution is -2.58. The Bertz CT molecular complexity index is 478. The molecular weight excluding hydrogens is 290 g/mol. The molecule has 2 fully saturated rings.